The highest BCUT2D eigenvalue weighted by molar-refractivity contribution is 7.81. The predicted molar refractivity (Wildman–Crippen MR) is 66.4 cm³/mol. The fourth-order valence-electron chi connectivity index (χ4n) is 0.661. The van der Waals surface area contributed by atoms with Gasteiger partial charge < -0.3 is 20.6 Å². The van der Waals surface area contributed by atoms with Gasteiger partial charge in [-0.25, -0.2) is 16.8 Å². The summed E-state index contributed by atoms with van der Waals surface area (Å²) in [5, 5.41) is 0. The number of rotatable bonds is 5. The van der Waals surface area contributed by atoms with Crippen LogP contribution in [0.1, 0.15) is 0 Å². The normalized spacial score (nSPS) is 11.5. The molecule has 0 rings (SSSR count). The van der Waals surface area contributed by atoms with Crippen LogP contribution >= 0.6 is 0 Å². The number of likely N-dealkylation sites (N-methyl/N-ethyl adjacent to an activating group) is 1. The van der Waals surface area contributed by atoms with Gasteiger partial charge in [0.25, 0.3) is 0 Å². The molecular weight excluding hydrogens is 318 g/mol. The average Bonchev–Trinajstić information content (AvgIpc) is 2.30. The van der Waals surface area contributed by atoms with Crippen LogP contribution in [0.4, 0.5) is 0 Å². The quantitative estimate of drug-likeness (QED) is 0.367. The lowest BCUT2D eigenvalue weighted by atomic mass is 10.3. The number of hydrogen-bond donors (Lipinski definition) is 2. The van der Waals surface area contributed by atoms with Gasteiger partial charge in [0, 0.05) is 0 Å². The molecule has 0 aliphatic rings. The van der Waals surface area contributed by atoms with E-state index < -0.39 is 20.8 Å². The second-order valence-electron chi connectivity index (χ2n) is 3.34. The second kappa shape index (κ2) is 12.4. The molecule has 0 aromatic carbocycles. The minimum atomic E-state index is -4.41. The van der Waals surface area contributed by atoms with E-state index >= 15 is 0 Å². The molecule has 0 aromatic heterocycles. The van der Waals surface area contributed by atoms with Crippen molar-refractivity contribution in [3.63, 3.8) is 0 Å². The number of quaternary nitrogens is 2. The fraction of sp³-hybridized carbons (Fsp3) is 1.00. The summed E-state index contributed by atoms with van der Waals surface area (Å²) in [5.41, 5.74) is 7.59. The van der Waals surface area contributed by atoms with Crippen molar-refractivity contribution in [3.05, 3.63) is 0 Å². The number of hydrogen-bond acceptors (Lipinski definition) is 9. The monoisotopic (exact) mass is 341 g/mol. The van der Waals surface area contributed by atoms with Crippen molar-refractivity contribution >= 4 is 20.8 Å². The zero-order valence-corrected chi connectivity index (χ0v) is 13.6. The van der Waals surface area contributed by atoms with Crippen LogP contribution in [-0.4, -0.2) is 78.3 Å². The van der Waals surface area contributed by atoms with E-state index in [4.69, 9.17) is 0 Å². The maximum absolute atomic E-state index is 9.22. The van der Waals surface area contributed by atoms with E-state index in [2.05, 4.69) is 38.8 Å². The highest BCUT2D eigenvalue weighted by Gasteiger charge is 2.08. The van der Waals surface area contributed by atoms with E-state index in [1.807, 2.05) is 0 Å². The summed E-state index contributed by atoms with van der Waals surface area (Å²) in [6, 6.07) is 0.565. The third-order valence-corrected chi connectivity index (χ3v) is 2.62. The van der Waals surface area contributed by atoms with Crippen LogP contribution in [0.25, 0.3) is 0 Å². The molecule has 20 heavy (non-hydrogen) atoms. The molecule has 0 spiro atoms. The lowest BCUT2D eigenvalue weighted by molar-refractivity contribution is -0.419. The van der Waals surface area contributed by atoms with Crippen LogP contribution < -0.4 is 11.5 Å². The van der Waals surface area contributed by atoms with Gasteiger partial charge >= 0.3 is 0 Å². The smallest absolute Gasteiger partial charge is 0.217 e. The van der Waals surface area contributed by atoms with Crippen molar-refractivity contribution in [2.45, 2.75) is 6.04 Å². The fourth-order valence-corrected chi connectivity index (χ4v) is 0.661. The topological polar surface area (TPSA) is 191 Å². The molecule has 0 saturated heterocycles. The van der Waals surface area contributed by atoms with Crippen molar-refractivity contribution in [2.75, 3.05) is 41.4 Å². The standard InChI is InChI=1S/C5H15N3.2CH4O4S/c1-8(2)5(3-6)4-7;2*1-5-6(2,3)4/h5H,3-4,6-7H2,1-2H3;2*1H3,(H,2,3,4). The molecule has 0 amide bonds. The highest BCUT2D eigenvalue weighted by Crippen LogP contribution is 1.82. The molecule has 6 N–H and O–H groups in total. The van der Waals surface area contributed by atoms with Crippen LogP contribution in [0.2, 0.25) is 0 Å². The van der Waals surface area contributed by atoms with Gasteiger partial charge in [0.15, 0.2) is 0 Å². The second-order valence-corrected chi connectivity index (χ2v) is 5.64. The molecule has 0 heterocycles. The molecule has 0 unspecified atom stereocenters. The zero-order chi connectivity index (χ0) is 17.0. The van der Waals surface area contributed by atoms with E-state index in [-0.39, 0.29) is 0 Å². The van der Waals surface area contributed by atoms with E-state index in [9.17, 15) is 25.9 Å². The molecule has 0 atom stereocenters. The van der Waals surface area contributed by atoms with Crippen LogP contribution in [0.3, 0.4) is 0 Å². The summed E-state index contributed by atoms with van der Waals surface area (Å²) >= 11 is 0. The lowest BCUT2D eigenvalue weighted by Gasteiger charge is -2.15. The molecule has 0 radical (unpaired) electrons. The van der Waals surface area contributed by atoms with Gasteiger partial charge in [-0.3, -0.25) is 13.3 Å². The van der Waals surface area contributed by atoms with Crippen LogP contribution in [0, 0.1) is 0 Å². The van der Waals surface area contributed by atoms with Gasteiger partial charge in [0.2, 0.25) is 20.8 Å². The van der Waals surface area contributed by atoms with Gasteiger partial charge in [-0.1, -0.05) is 0 Å². The summed E-state index contributed by atoms with van der Waals surface area (Å²) in [6.07, 6.45) is 0. The Morgan fingerprint density at radius 1 is 0.950 bits per heavy atom. The van der Waals surface area contributed by atoms with Crippen molar-refractivity contribution in [1.29, 1.82) is 0 Å². The lowest BCUT2D eigenvalue weighted by Crippen LogP contribution is -2.68. The Labute approximate surface area is 119 Å². The summed E-state index contributed by atoms with van der Waals surface area (Å²) in [7, 11) is -3.10. The minimum absolute atomic E-state index is 0.565. The van der Waals surface area contributed by atoms with E-state index in [0.717, 1.165) is 27.3 Å². The molecule has 0 saturated carbocycles. The van der Waals surface area contributed by atoms with Gasteiger partial charge in [-0.15, -0.1) is 0 Å². The van der Waals surface area contributed by atoms with Crippen LogP contribution in [-0.2, 0) is 29.2 Å². The summed E-state index contributed by atoms with van der Waals surface area (Å²) < 4.78 is 62.0. The predicted octanol–water partition coefficient (Wildman–Crippen LogP) is -4.41. The van der Waals surface area contributed by atoms with E-state index in [1.54, 1.807) is 0 Å². The van der Waals surface area contributed by atoms with Gasteiger partial charge in [-0.2, -0.15) is 0 Å². The molecule has 0 aliphatic heterocycles. The Bertz CT molecular complexity index is 372. The Kier molecular flexibility index (Phi) is 15.2. The van der Waals surface area contributed by atoms with Gasteiger partial charge in [0.05, 0.1) is 27.3 Å². The van der Waals surface area contributed by atoms with Gasteiger partial charge in [-0.05, 0) is 14.1 Å². The Morgan fingerprint density at radius 3 is 1.15 bits per heavy atom. The molecule has 0 bridgehead atoms. The molecule has 0 fully saturated rings. The Balaban J connectivity index is -0.000000221. The largest absolute Gasteiger partial charge is 0.726 e. The maximum atomic E-state index is 9.22. The molecule has 0 aromatic rings. The molecular formula is C7H23N3O8S2. The highest BCUT2D eigenvalue weighted by atomic mass is 32.3. The van der Waals surface area contributed by atoms with Crippen molar-refractivity contribution in [2.24, 2.45) is 0 Å². The SMILES string of the molecule is CN(C)C(C[NH3+])C[NH3+].COS(=O)(=O)[O-].COS(=O)(=O)[O-]. The van der Waals surface area contributed by atoms with Gasteiger partial charge in [0.1, 0.15) is 6.04 Å². The zero-order valence-electron chi connectivity index (χ0n) is 11.9. The molecule has 13 heteroatoms. The third-order valence-electron chi connectivity index (χ3n) is 1.80. The summed E-state index contributed by atoms with van der Waals surface area (Å²) in [6.45, 7) is 1.91. The first-order chi connectivity index (χ1) is 8.84. The molecule has 126 valence electrons. The first kappa shape index (κ1) is 24.6. The van der Waals surface area contributed by atoms with Crippen molar-refractivity contribution in [1.82, 2.24) is 4.90 Å². The summed E-state index contributed by atoms with van der Waals surface area (Å²) in [4.78, 5) is 2.15. The first-order valence-electron chi connectivity index (χ1n) is 5.12. The molecule has 11 nitrogen and oxygen atoms in total. The minimum Gasteiger partial charge on any atom is -0.726 e. The maximum Gasteiger partial charge on any atom is 0.217 e. The Hall–Kier alpha value is -0.380. The van der Waals surface area contributed by atoms with Crippen molar-refractivity contribution < 1.29 is 45.8 Å². The Morgan fingerprint density at radius 2 is 1.15 bits per heavy atom. The first-order valence-corrected chi connectivity index (χ1v) is 7.79. The average molecular weight is 341 g/mol. The number of nitrogens with zero attached hydrogens (tertiary/aromatic N) is 1. The summed E-state index contributed by atoms with van der Waals surface area (Å²) in [5.74, 6) is 0. The van der Waals surface area contributed by atoms with Crippen LogP contribution in [0.5, 0.6) is 0 Å². The van der Waals surface area contributed by atoms with E-state index in [1.165, 1.54) is 0 Å². The van der Waals surface area contributed by atoms with E-state index in [0.29, 0.717) is 6.04 Å². The molecule has 0 aliphatic carbocycles. The third kappa shape index (κ3) is 26.2. The van der Waals surface area contributed by atoms with Crippen molar-refractivity contribution in [3.8, 4) is 0 Å². The van der Waals surface area contributed by atoms with Crippen LogP contribution in [0.15, 0.2) is 0 Å².